The van der Waals surface area contributed by atoms with Gasteiger partial charge in [-0.25, -0.2) is 0 Å². The number of nitrogens with zero attached hydrogens (tertiary/aromatic N) is 4. The summed E-state index contributed by atoms with van der Waals surface area (Å²) < 4.78 is 13.3. The molecule has 172 valence electrons. The van der Waals surface area contributed by atoms with Crippen molar-refractivity contribution in [1.82, 2.24) is 14.8 Å². The molecule has 1 amide bonds. The van der Waals surface area contributed by atoms with Crippen molar-refractivity contribution >= 4 is 35.1 Å². The molecule has 33 heavy (non-hydrogen) atoms. The van der Waals surface area contributed by atoms with Gasteiger partial charge in [-0.3, -0.25) is 4.79 Å². The minimum atomic E-state index is -0.236. The van der Waals surface area contributed by atoms with Crippen LogP contribution in [0.15, 0.2) is 33.9 Å². The number of para-hydroxylation sites is 1. The fourth-order valence-electron chi connectivity index (χ4n) is 4.06. The Hall–Kier alpha value is -2.96. The zero-order valence-electron chi connectivity index (χ0n) is 18.4. The van der Waals surface area contributed by atoms with E-state index in [0.717, 1.165) is 48.7 Å². The van der Waals surface area contributed by atoms with Gasteiger partial charge in [0.25, 0.3) is 11.1 Å². The van der Waals surface area contributed by atoms with Crippen LogP contribution in [0.5, 0.6) is 5.75 Å². The first-order valence-electron chi connectivity index (χ1n) is 10.7. The maximum Gasteiger partial charge on any atom is 0.277 e. The summed E-state index contributed by atoms with van der Waals surface area (Å²) in [7, 11) is 0. The number of carbonyl (C=O) groups is 1. The lowest BCUT2D eigenvalue weighted by Gasteiger charge is -2.19. The van der Waals surface area contributed by atoms with Gasteiger partial charge >= 0.3 is 0 Å². The molecule has 1 N–H and O–H groups in total. The van der Waals surface area contributed by atoms with Gasteiger partial charge in [0.2, 0.25) is 5.91 Å². The molecule has 0 aliphatic heterocycles. The number of rotatable bonds is 8. The Bertz CT molecular complexity index is 1190. The van der Waals surface area contributed by atoms with Gasteiger partial charge in [0, 0.05) is 11.7 Å². The van der Waals surface area contributed by atoms with Gasteiger partial charge in [-0.2, -0.15) is 5.26 Å². The monoisotopic (exact) mass is 485 g/mol. The summed E-state index contributed by atoms with van der Waals surface area (Å²) in [5, 5.41) is 21.3. The Balaban J connectivity index is 1.37. The number of benzene rings is 1. The number of thioether (sulfide) groups is 1. The number of amides is 1. The molecule has 3 aromatic rings. The van der Waals surface area contributed by atoms with E-state index in [-0.39, 0.29) is 29.4 Å². The van der Waals surface area contributed by atoms with E-state index in [4.69, 9.17) is 20.8 Å². The molecular formula is C23H24ClN5O3S. The van der Waals surface area contributed by atoms with Crippen molar-refractivity contribution in [3.8, 4) is 11.8 Å². The molecule has 2 heterocycles. The van der Waals surface area contributed by atoms with Crippen molar-refractivity contribution in [3.05, 3.63) is 52.0 Å². The van der Waals surface area contributed by atoms with Gasteiger partial charge in [-0.15, -0.1) is 10.2 Å². The molecule has 0 saturated heterocycles. The van der Waals surface area contributed by atoms with E-state index in [1.165, 1.54) is 0 Å². The molecule has 0 radical (unpaired) electrons. The van der Waals surface area contributed by atoms with Crippen LogP contribution in [0, 0.1) is 25.2 Å². The SMILES string of the molecule is Cc1c(C#N)c(NC(=O)CSc2nnc(COc3ccccc3Cl)o2)n(C2CCCC2)c1C. The highest BCUT2D eigenvalue weighted by atomic mass is 35.5. The summed E-state index contributed by atoms with van der Waals surface area (Å²) >= 11 is 7.20. The maximum absolute atomic E-state index is 12.7. The molecule has 4 rings (SSSR count). The summed E-state index contributed by atoms with van der Waals surface area (Å²) in [6, 6.07) is 9.68. The van der Waals surface area contributed by atoms with Crippen molar-refractivity contribution in [2.45, 2.75) is 57.4 Å². The smallest absolute Gasteiger partial charge is 0.277 e. The minimum absolute atomic E-state index is 0.0719. The summed E-state index contributed by atoms with van der Waals surface area (Å²) in [5.74, 6) is 1.23. The highest BCUT2D eigenvalue weighted by Gasteiger charge is 2.26. The number of nitriles is 1. The third kappa shape index (κ3) is 5.18. The van der Waals surface area contributed by atoms with Gasteiger partial charge in [0.15, 0.2) is 6.61 Å². The molecule has 0 unspecified atom stereocenters. The molecule has 0 bridgehead atoms. The second kappa shape index (κ2) is 10.3. The molecule has 1 fully saturated rings. The first kappa shape index (κ1) is 23.2. The zero-order valence-corrected chi connectivity index (χ0v) is 20.0. The van der Waals surface area contributed by atoms with Crippen molar-refractivity contribution < 1.29 is 13.9 Å². The molecule has 1 saturated carbocycles. The number of aromatic nitrogens is 3. The van der Waals surface area contributed by atoms with Crippen LogP contribution < -0.4 is 10.1 Å². The number of hydrogen-bond acceptors (Lipinski definition) is 7. The topological polar surface area (TPSA) is 106 Å². The van der Waals surface area contributed by atoms with Crippen molar-refractivity contribution in [3.63, 3.8) is 0 Å². The highest BCUT2D eigenvalue weighted by Crippen LogP contribution is 2.37. The van der Waals surface area contributed by atoms with E-state index < -0.39 is 0 Å². The van der Waals surface area contributed by atoms with Gasteiger partial charge in [0.1, 0.15) is 17.6 Å². The normalized spacial score (nSPS) is 13.8. The Morgan fingerprint density at radius 2 is 2.09 bits per heavy atom. The van der Waals surface area contributed by atoms with Gasteiger partial charge in [-0.1, -0.05) is 48.3 Å². The van der Waals surface area contributed by atoms with Crippen LogP contribution >= 0.6 is 23.4 Å². The predicted molar refractivity (Wildman–Crippen MR) is 126 cm³/mol. The molecular weight excluding hydrogens is 462 g/mol. The van der Waals surface area contributed by atoms with Gasteiger partial charge < -0.3 is 19.0 Å². The number of carbonyl (C=O) groups excluding carboxylic acids is 1. The number of nitrogens with one attached hydrogen (secondary N) is 1. The molecule has 2 aromatic heterocycles. The van der Waals surface area contributed by atoms with Crippen LogP contribution in [0.2, 0.25) is 5.02 Å². The lowest BCUT2D eigenvalue weighted by molar-refractivity contribution is -0.113. The van der Waals surface area contributed by atoms with E-state index in [2.05, 4.69) is 26.2 Å². The molecule has 1 aliphatic rings. The third-order valence-corrected chi connectivity index (χ3v) is 6.91. The van der Waals surface area contributed by atoms with E-state index in [0.29, 0.717) is 28.2 Å². The van der Waals surface area contributed by atoms with Crippen LogP contribution in [0.1, 0.15) is 54.4 Å². The molecule has 0 spiro atoms. The average molecular weight is 486 g/mol. The quantitative estimate of drug-likeness (QED) is 0.423. The molecule has 1 aromatic carbocycles. The van der Waals surface area contributed by atoms with E-state index >= 15 is 0 Å². The van der Waals surface area contributed by atoms with Crippen LogP contribution in [-0.2, 0) is 11.4 Å². The van der Waals surface area contributed by atoms with Crippen molar-refractivity contribution in [2.24, 2.45) is 0 Å². The summed E-state index contributed by atoms with van der Waals surface area (Å²) in [5.41, 5.74) is 2.46. The van der Waals surface area contributed by atoms with E-state index in [9.17, 15) is 10.1 Å². The van der Waals surface area contributed by atoms with Crippen molar-refractivity contribution in [1.29, 1.82) is 5.26 Å². The van der Waals surface area contributed by atoms with Gasteiger partial charge in [-0.05, 0) is 44.4 Å². The minimum Gasteiger partial charge on any atom is -0.482 e. The first-order valence-corrected chi connectivity index (χ1v) is 12.1. The van der Waals surface area contributed by atoms with E-state index in [1.807, 2.05) is 26.0 Å². The largest absolute Gasteiger partial charge is 0.482 e. The third-order valence-electron chi connectivity index (χ3n) is 5.78. The average Bonchev–Trinajstić information content (AvgIpc) is 3.53. The predicted octanol–water partition coefficient (Wildman–Crippen LogP) is 5.44. The summed E-state index contributed by atoms with van der Waals surface area (Å²) in [4.78, 5) is 12.7. The van der Waals surface area contributed by atoms with Crippen LogP contribution in [0.25, 0.3) is 0 Å². The fourth-order valence-corrected chi connectivity index (χ4v) is 4.83. The Morgan fingerprint density at radius 1 is 1.33 bits per heavy atom. The first-order chi connectivity index (χ1) is 16.0. The molecule has 10 heteroatoms. The highest BCUT2D eigenvalue weighted by molar-refractivity contribution is 7.99. The maximum atomic E-state index is 12.7. The second-order valence-electron chi connectivity index (χ2n) is 7.87. The number of ether oxygens (including phenoxy) is 1. The Morgan fingerprint density at radius 3 is 2.82 bits per heavy atom. The fraction of sp³-hybridized carbons (Fsp3) is 0.391. The number of halogens is 1. The Kier molecular flexibility index (Phi) is 7.26. The standard InChI is InChI=1S/C23H24ClN5O3S/c1-14-15(2)29(16-7-3-4-8-16)22(17(14)11-25)26-20(30)13-33-23-28-27-21(32-23)12-31-19-10-6-5-9-18(19)24/h5-6,9-10,16H,3-4,7-8,12-13H2,1-2H3,(H,26,30). The van der Waals surface area contributed by atoms with Crippen LogP contribution in [0.3, 0.4) is 0 Å². The lowest BCUT2D eigenvalue weighted by Crippen LogP contribution is -2.19. The summed E-state index contributed by atoms with van der Waals surface area (Å²) in [6.45, 7) is 4.00. The molecule has 0 atom stereocenters. The van der Waals surface area contributed by atoms with Crippen LogP contribution in [0.4, 0.5) is 5.82 Å². The molecule has 8 nitrogen and oxygen atoms in total. The van der Waals surface area contributed by atoms with Gasteiger partial charge in [0.05, 0.1) is 16.3 Å². The van der Waals surface area contributed by atoms with Crippen molar-refractivity contribution in [2.75, 3.05) is 11.1 Å². The summed E-state index contributed by atoms with van der Waals surface area (Å²) in [6.07, 6.45) is 4.43. The zero-order chi connectivity index (χ0) is 23.4. The van der Waals surface area contributed by atoms with E-state index in [1.54, 1.807) is 12.1 Å². The lowest BCUT2D eigenvalue weighted by atomic mass is 10.2. The molecule has 1 aliphatic carbocycles. The Labute approximate surface area is 201 Å². The number of hydrogen-bond donors (Lipinski definition) is 1. The number of anilines is 1. The van der Waals surface area contributed by atoms with Crippen LogP contribution in [-0.4, -0.2) is 26.4 Å². The second-order valence-corrected chi connectivity index (χ2v) is 9.21.